The molecular formula is C13H13N5O4S. The smallest absolute Gasteiger partial charge is 0.408 e. The number of oxazole rings is 1. The second-order valence-electron chi connectivity index (χ2n) is 4.94. The molecule has 23 heavy (non-hydrogen) atoms. The molecule has 0 fully saturated rings. The van der Waals surface area contributed by atoms with Gasteiger partial charge in [0.1, 0.15) is 0 Å². The number of anilines is 2. The number of hydrogen-bond acceptors (Lipinski definition) is 7. The summed E-state index contributed by atoms with van der Waals surface area (Å²) < 4.78 is 32.0. The summed E-state index contributed by atoms with van der Waals surface area (Å²) >= 11 is 0. The molecule has 10 heteroatoms. The van der Waals surface area contributed by atoms with E-state index >= 15 is 0 Å². The lowest BCUT2D eigenvalue weighted by molar-refractivity contribution is 0.555. The van der Waals surface area contributed by atoms with Gasteiger partial charge in [0.15, 0.2) is 5.58 Å². The van der Waals surface area contributed by atoms with Crippen LogP contribution in [-0.4, -0.2) is 37.5 Å². The van der Waals surface area contributed by atoms with Gasteiger partial charge in [-0.15, -0.1) is 0 Å². The number of nitrogens with zero attached hydrogens (tertiary/aromatic N) is 3. The van der Waals surface area contributed by atoms with Gasteiger partial charge < -0.3 is 9.32 Å². The molecule has 0 saturated heterocycles. The summed E-state index contributed by atoms with van der Waals surface area (Å²) in [6.45, 7) is 0. The molecule has 0 radical (unpaired) electrons. The number of sulfonamides is 1. The van der Waals surface area contributed by atoms with E-state index < -0.39 is 15.8 Å². The number of fused-ring (bicyclic) bond motifs is 1. The van der Waals surface area contributed by atoms with Crippen LogP contribution < -0.4 is 15.4 Å². The number of nitrogens with one attached hydrogen (secondary N) is 2. The van der Waals surface area contributed by atoms with Gasteiger partial charge in [0.05, 0.1) is 28.5 Å². The zero-order valence-electron chi connectivity index (χ0n) is 12.3. The van der Waals surface area contributed by atoms with E-state index in [1.54, 1.807) is 19.0 Å². The normalized spacial score (nSPS) is 11.6. The van der Waals surface area contributed by atoms with Crippen molar-refractivity contribution in [2.75, 3.05) is 23.7 Å². The SMILES string of the molecule is CN(C)c1ncc(NS(=O)(=O)c2ccc3oc(=O)[nH]c3c2)cn1. The summed E-state index contributed by atoms with van der Waals surface area (Å²) in [5, 5.41) is 0. The van der Waals surface area contributed by atoms with E-state index in [-0.39, 0.29) is 16.2 Å². The van der Waals surface area contributed by atoms with Crippen LogP contribution in [0.25, 0.3) is 11.1 Å². The predicted molar refractivity (Wildman–Crippen MR) is 84.0 cm³/mol. The van der Waals surface area contributed by atoms with Crippen molar-refractivity contribution < 1.29 is 12.8 Å². The van der Waals surface area contributed by atoms with Gasteiger partial charge in [-0.1, -0.05) is 0 Å². The first kappa shape index (κ1) is 15.0. The van der Waals surface area contributed by atoms with Gasteiger partial charge in [-0.05, 0) is 18.2 Å². The van der Waals surface area contributed by atoms with Crippen molar-refractivity contribution in [2.45, 2.75) is 4.90 Å². The summed E-state index contributed by atoms with van der Waals surface area (Å²) in [6, 6.07) is 4.07. The van der Waals surface area contributed by atoms with Crippen LogP contribution in [0.3, 0.4) is 0 Å². The highest BCUT2D eigenvalue weighted by Crippen LogP contribution is 2.19. The molecule has 2 N–H and O–H groups in total. The Morgan fingerprint density at radius 1 is 1.22 bits per heavy atom. The summed E-state index contributed by atoms with van der Waals surface area (Å²) in [5.74, 6) is -0.180. The summed E-state index contributed by atoms with van der Waals surface area (Å²) in [6.07, 6.45) is 2.75. The topological polar surface area (TPSA) is 121 Å². The van der Waals surface area contributed by atoms with Crippen LogP contribution in [0.15, 0.2) is 44.7 Å². The van der Waals surface area contributed by atoms with Gasteiger partial charge in [0, 0.05) is 14.1 Å². The molecule has 2 aromatic heterocycles. The lowest BCUT2D eigenvalue weighted by Gasteiger charge is -2.11. The Hall–Kier alpha value is -2.88. The Balaban J connectivity index is 1.91. The standard InChI is InChI=1S/C13H13N5O4S/c1-18(2)12-14-6-8(7-15-12)17-23(20,21)9-3-4-11-10(5-9)16-13(19)22-11/h3-7,17H,1-2H3,(H,16,19). The minimum Gasteiger partial charge on any atom is -0.408 e. The predicted octanol–water partition coefficient (Wildman–Crippen LogP) is 0.778. The number of aromatic nitrogens is 3. The quantitative estimate of drug-likeness (QED) is 0.722. The summed E-state index contributed by atoms with van der Waals surface area (Å²) in [4.78, 5) is 23.3. The van der Waals surface area contributed by atoms with Crippen molar-refractivity contribution in [1.29, 1.82) is 0 Å². The van der Waals surface area contributed by atoms with E-state index in [0.717, 1.165) is 0 Å². The lowest BCUT2D eigenvalue weighted by Crippen LogP contribution is -2.15. The Bertz CT molecular complexity index is 1000. The van der Waals surface area contributed by atoms with Crippen LogP contribution in [0.5, 0.6) is 0 Å². The molecule has 120 valence electrons. The molecule has 2 heterocycles. The second kappa shape index (κ2) is 5.39. The van der Waals surface area contributed by atoms with Crippen LogP contribution >= 0.6 is 0 Å². The highest BCUT2D eigenvalue weighted by molar-refractivity contribution is 7.92. The third-order valence-corrected chi connectivity index (χ3v) is 4.37. The highest BCUT2D eigenvalue weighted by Gasteiger charge is 2.16. The maximum absolute atomic E-state index is 12.4. The van der Waals surface area contributed by atoms with Crippen molar-refractivity contribution >= 4 is 32.8 Å². The van der Waals surface area contributed by atoms with E-state index in [9.17, 15) is 13.2 Å². The molecule has 0 bridgehead atoms. The van der Waals surface area contributed by atoms with Crippen LogP contribution in [0, 0.1) is 0 Å². The third-order valence-electron chi connectivity index (χ3n) is 2.99. The number of rotatable bonds is 4. The molecule has 9 nitrogen and oxygen atoms in total. The molecule has 3 aromatic rings. The zero-order valence-corrected chi connectivity index (χ0v) is 13.1. The fourth-order valence-corrected chi connectivity index (χ4v) is 2.97. The molecular weight excluding hydrogens is 322 g/mol. The molecule has 1 aromatic carbocycles. The molecule has 0 amide bonds. The van der Waals surface area contributed by atoms with Gasteiger partial charge in [-0.2, -0.15) is 0 Å². The first-order valence-electron chi connectivity index (χ1n) is 6.50. The second-order valence-corrected chi connectivity index (χ2v) is 6.63. The first-order valence-corrected chi connectivity index (χ1v) is 7.98. The van der Waals surface area contributed by atoms with Gasteiger partial charge in [-0.25, -0.2) is 23.2 Å². The molecule has 0 unspecified atom stereocenters. The molecule has 0 aliphatic rings. The highest BCUT2D eigenvalue weighted by atomic mass is 32.2. The molecule has 0 spiro atoms. The number of H-pyrrole nitrogens is 1. The van der Waals surface area contributed by atoms with E-state index in [4.69, 9.17) is 4.42 Å². The Morgan fingerprint density at radius 3 is 2.57 bits per heavy atom. The van der Waals surface area contributed by atoms with Crippen LogP contribution in [0.4, 0.5) is 11.6 Å². The fourth-order valence-electron chi connectivity index (χ4n) is 1.92. The van der Waals surface area contributed by atoms with Gasteiger partial charge in [-0.3, -0.25) is 9.71 Å². The van der Waals surface area contributed by atoms with E-state index in [1.807, 2.05) is 0 Å². The molecule has 3 rings (SSSR count). The van der Waals surface area contributed by atoms with Gasteiger partial charge >= 0.3 is 5.76 Å². The van der Waals surface area contributed by atoms with Crippen molar-refractivity contribution in [3.8, 4) is 0 Å². The molecule has 0 aliphatic carbocycles. The lowest BCUT2D eigenvalue weighted by atomic mass is 10.3. The minimum atomic E-state index is -3.84. The molecule has 0 atom stereocenters. The molecule has 0 saturated carbocycles. The third kappa shape index (κ3) is 3.01. The van der Waals surface area contributed by atoms with E-state index in [1.165, 1.54) is 30.6 Å². The average molecular weight is 335 g/mol. The van der Waals surface area contributed by atoms with Gasteiger partial charge in [0.2, 0.25) is 5.95 Å². The Labute approximate surface area is 131 Å². The fraction of sp³-hybridized carbons (Fsp3) is 0.154. The van der Waals surface area contributed by atoms with Crippen molar-refractivity contribution in [1.82, 2.24) is 15.0 Å². The maximum Gasteiger partial charge on any atom is 0.417 e. The summed E-state index contributed by atoms with van der Waals surface area (Å²) in [5.41, 5.74) is 0.820. The summed E-state index contributed by atoms with van der Waals surface area (Å²) in [7, 11) is -0.280. The van der Waals surface area contributed by atoms with Crippen LogP contribution in [0.1, 0.15) is 0 Å². The van der Waals surface area contributed by atoms with Crippen molar-refractivity contribution in [3.05, 3.63) is 41.1 Å². The minimum absolute atomic E-state index is 0.0151. The van der Waals surface area contributed by atoms with E-state index in [0.29, 0.717) is 11.5 Å². The van der Waals surface area contributed by atoms with Crippen molar-refractivity contribution in [3.63, 3.8) is 0 Å². The number of hydrogen-bond donors (Lipinski definition) is 2. The average Bonchev–Trinajstić information content (AvgIpc) is 2.86. The monoisotopic (exact) mass is 335 g/mol. The largest absolute Gasteiger partial charge is 0.417 e. The van der Waals surface area contributed by atoms with Crippen LogP contribution in [0.2, 0.25) is 0 Å². The maximum atomic E-state index is 12.4. The van der Waals surface area contributed by atoms with Crippen LogP contribution in [-0.2, 0) is 10.0 Å². The first-order chi connectivity index (χ1) is 10.8. The number of aromatic amines is 1. The zero-order chi connectivity index (χ0) is 16.6. The number of benzene rings is 1. The Kier molecular flexibility index (Phi) is 3.52. The molecule has 0 aliphatic heterocycles. The van der Waals surface area contributed by atoms with Gasteiger partial charge in [0.25, 0.3) is 10.0 Å². The van der Waals surface area contributed by atoms with E-state index in [2.05, 4.69) is 19.7 Å². The van der Waals surface area contributed by atoms with Crippen molar-refractivity contribution in [2.24, 2.45) is 0 Å². The Morgan fingerprint density at radius 2 is 1.91 bits per heavy atom.